The van der Waals surface area contributed by atoms with Crippen LogP contribution in [-0.2, 0) is 12.8 Å². The van der Waals surface area contributed by atoms with Gasteiger partial charge in [0.05, 0.1) is 14.2 Å². The molecule has 1 aromatic heterocycles. The highest BCUT2D eigenvalue weighted by molar-refractivity contribution is 7.10. The summed E-state index contributed by atoms with van der Waals surface area (Å²) in [4.78, 5) is 1.35. The SMILES string of the molecule is COc1ccc(CCc2c(OC)csc2C)cc1. The van der Waals surface area contributed by atoms with Gasteiger partial charge in [0.2, 0.25) is 0 Å². The molecule has 2 nitrogen and oxygen atoms in total. The Balaban J connectivity index is 2.04. The number of thiophene rings is 1. The maximum absolute atomic E-state index is 5.38. The van der Waals surface area contributed by atoms with Gasteiger partial charge in [-0.05, 0) is 37.5 Å². The largest absolute Gasteiger partial charge is 0.497 e. The van der Waals surface area contributed by atoms with E-state index >= 15 is 0 Å². The summed E-state index contributed by atoms with van der Waals surface area (Å²) in [6, 6.07) is 8.25. The van der Waals surface area contributed by atoms with E-state index in [9.17, 15) is 0 Å². The summed E-state index contributed by atoms with van der Waals surface area (Å²) in [5.74, 6) is 1.93. The molecule has 2 rings (SSSR count). The van der Waals surface area contributed by atoms with E-state index in [1.165, 1.54) is 16.0 Å². The highest BCUT2D eigenvalue weighted by Crippen LogP contribution is 2.29. The van der Waals surface area contributed by atoms with Crippen molar-refractivity contribution >= 4 is 11.3 Å². The molecule has 0 saturated heterocycles. The van der Waals surface area contributed by atoms with Crippen molar-refractivity contribution in [3.8, 4) is 11.5 Å². The molecule has 0 fully saturated rings. The average Bonchev–Trinajstić information content (AvgIpc) is 2.77. The summed E-state index contributed by atoms with van der Waals surface area (Å²) in [5, 5.41) is 2.08. The molecular formula is C15H18O2S. The van der Waals surface area contributed by atoms with Crippen LogP contribution >= 0.6 is 11.3 Å². The van der Waals surface area contributed by atoms with Crippen LogP contribution < -0.4 is 9.47 Å². The molecule has 0 bridgehead atoms. The van der Waals surface area contributed by atoms with Crippen molar-refractivity contribution < 1.29 is 9.47 Å². The number of hydrogen-bond acceptors (Lipinski definition) is 3. The molecule has 2 aromatic rings. The molecule has 0 N–H and O–H groups in total. The second kappa shape index (κ2) is 5.91. The van der Waals surface area contributed by atoms with E-state index in [1.54, 1.807) is 25.6 Å². The van der Waals surface area contributed by atoms with Gasteiger partial charge in [-0.2, -0.15) is 0 Å². The second-order valence-electron chi connectivity index (χ2n) is 4.19. The molecule has 0 atom stereocenters. The molecule has 1 heterocycles. The Hall–Kier alpha value is -1.48. The lowest BCUT2D eigenvalue weighted by molar-refractivity contribution is 0.411. The van der Waals surface area contributed by atoms with Crippen molar-refractivity contribution in [1.82, 2.24) is 0 Å². The smallest absolute Gasteiger partial charge is 0.133 e. The lowest BCUT2D eigenvalue weighted by Crippen LogP contribution is -1.94. The fourth-order valence-electron chi connectivity index (χ4n) is 1.99. The van der Waals surface area contributed by atoms with Gasteiger partial charge >= 0.3 is 0 Å². The molecule has 0 radical (unpaired) electrons. The summed E-state index contributed by atoms with van der Waals surface area (Å²) >= 11 is 1.75. The Bertz CT molecular complexity index is 500. The van der Waals surface area contributed by atoms with Gasteiger partial charge in [0.25, 0.3) is 0 Å². The van der Waals surface area contributed by atoms with E-state index in [0.717, 1.165) is 24.3 Å². The topological polar surface area (TPSA) is 18.5 Å². The fourth-order valence-corrected chi connectivity index (χ4v) is 2.86. The standard InChI is InChI=1S/C15H18O2S/c1-11-14(15(17-3)10-18-11)9-6-12-4-7-13(16-2)8-5-12/h4-5,7-8,10H,6,9H2,1-3H3. The first-order chi connectivity index (χ1) is 8.74. The van der Waals surface area contributed by atoms with Crippen molar-refractivity contribution in [3.63, 3.8) is 0 Å². The Morgan fingerprint density at radius 2 is 1.72 bits per heavy atom. The molecule has 0 aliphatic carbocycles. The minimum Gasteiger partial charge on any atom is -0.497 e. The van der Waals surface area contributed by atoms with Crippen LogP contribution in [-0.4, -0.2) is 14.2 Å². The van der Waals surface area contributed by atoms with E-state index in [1.807, 2.05) is 12.1 Å². The number of hydrogen-bond donors (Lipinski definition) is 0. The molecule has 96 valence electrons. The summed E-state index contributed by atoms with van der Waals surface area (Å²) in [5.41, 5.74) is 2.65. The van der Waals surface area contributed by atoms with Crippen LogP contribution in [0.15, 0.2) is 29.6 Å². The van der Waals surface area contributed by atoms with E-state index < -0.39 is 0 Å². The van der Waals surface area contributed by atoms with Crippen molar-refractivity contribution in [1.29, 1.82) is 0 Å². The van der Waals surface area contributed by atoms with Crippen LogP contribution in [0.1, 0.15) is 16.0 Å². The Kier molecular flexibility index (Phi) is 4.26. The second-order valence-corrected chi connectivity index (χ2v) is 5.27. The molecule has 0 spiro atoms. The third-order valence-corrected chi connectivity index (χ3v) is 4.04. The third kappa shape index (κ3) is 2.85. The highest BCUT2D eigenvalue weighted by Gasteiger charge is 2.08. The van der Waals surface area contributed by atoms with Crippen LogP contribution in [0.5, 0.6) is 11.5 Å². The molecule has 0 unspecified atom stereocenters. The zero-order chi connectivity index (χ0) is 13.0. The van der Waals surface area contributed by atoms with Gasteiger partial charge in [0.15, 0.2) is 0 Å². The van der Waals surface area contributed by atoms with Gasteiger partial charge in [0.1, 0.15) is 11.5 Å². The average molecular weight is 262 g/mol. The maximum Gasteiger partial charge on any atom is 0.133 e. The zero-order valence-corrected chi connectivity index (χ0v) is 11.8. The third-order valence-electron chi connectivity index (χ3n) is 3.11. The Morgan fingerprint density at radius 1 is 1.00 bits per heavy atom. The van der Waals surface area contributed by atoms with Gasteiger partial charge in [-0.1, -0.05) is 12.1 Å². The van der Waals surface area contributed by atoms with Gasteiger partial charge in [-0.3, -0.25) is 0 Å². The van der Waals surface area contributed by atoms with Gasteiger partial charge in [-0.15, -0.1) is 11.3 Å². The van der Waals surface area contributed by atoms with Gasteiger partial charge < -0.3 is 9.47 Å². The molecule has 0 saturated carbocycles. The number of rotatable bonds is 5. The van der Waals surface area contributed by atoms with E-state index in [-0.39, 0.29) is 0 Å². The van der Waals surface area contributed by atoms with E-state index in [2.05, 4.69) is 24.4 Å². The normalized spacial score (nSPS) is 10.4. The Morgan fingerprint density at radius 3 is 2.33 bits per heavy atom. The maximum atomic E-state index is 5.38. The lowest BCUT2D eigenvalue weighted by atomic mass is 10.0. The molecular weight excluding hydrogens is 244 g/mol. The van der Waals surface area contributed by atoms with Crippen LogP contribution in [0, 0.1) is 6.92 Å². The summed E-state index contributed by atoms with van der Waals surface area (Å²) < 4.78 is 10.5. The monoisotopic (exact) mass is 262 g/mol. The first-order valence-electron chi connectivity index (χ1n) is 5.98. The molecule has 1 aromatic carbocycles. The highest BCUT2D eigenvalue weighted by atomic mass is 32.1. The predicted octanol–water partition coefficient (Wildman–Crippen LogP) is 3.86. The van der Waals surface area contributed by atoms with Gasteiger partial charge in [-0.25, -0.2) is 0 Å². The van der Waals surface area contributed by atoms with Crippen molar-refractivity contribution in [3.05, 3.63) is 45.6 Å². The minimum atomic E-state index is 0.906. The quantitative estimate of drug-likeness (QED) is 0.814. The number of ether oxygens (including phenoxy) is 2. The minimum absolute atomic E-state index is 0.906. The predicted molar refractivity (Wildman–Crippen MR) is 76.0 cm³/mol. The number of benzene rings is 1. The first kappa shape index (κ1) is 13.0. The molecule has 0 amide bonds. The summed E-state index contributed by atoms with van der Waals surface area (Å²) in [6.07, 6.45) is 2.04. The molecule has 3 heteroatoms. The van der Waals surface area contributed by atoms with Crippen LogP contribution in [0.2, 0.25) is 0 Å². The van der Waals surface area contributed by atoms with Crippen LogP contribution in [0.25, 0.3) is 0 Å². The van der Waals surface area contributed by atoms with Crippen molar-refractivity contribution in [2.45, 2.75) is 19.8 Å². The van der Waals surface area contributed by atoms with Crippen LogP contribution in [0.3, 0.4) is 0 Å². The molecule has 0 aliphatic rings. The lowest BCUT2D eigenvalue weighted by Gasteiger charge is -2.06. The Labute approximate surface area is 112 Å². The number of methoxy groups -OCH3 is 2. The molecule has 0 aliphatic heterocycles. The van der Waals surface area contributed by atoms with Crippen LogP contribution in [0.4, 0.5) is 0 Å². The first-order valence-corrected chi connectivity index (χ1v) is 6.86. The van der Waals surface area contributed by atoms with Crippen molar-refractivity contribution in [2.75, 3.05) is 14.2 Å². The van der Waals surface area contributed by atoms with Gasteiger partial charge in [0, 0.05) is 15.8 Å². The fraction of sp³-hybridized carbons (Fsp3) is 0.333. The number of aryl methyl sites for hydroxylation is 2. The van der Waals surface area contributed by atoms with E-state index in [0.29, 0.717) is 0 Å². The van der Waals surface area contributed by atoms with Crippen molar-refractivity contribution in [2.24, 2.45) is 0 Å². The summed E-state index contributed by atoms with van der Waals surface area (Å²) in [6.45, 7) is 2.15. The molecule has 18 heavy (non-hydrogen) atoms. The summed E-state index contributed by atoms with van der Waals surface area (Å²) in [7, 11) is 3.42. The zero-order valence-electron chi connectivity index (χ0n) is 11.0. The van der Waals surface area contributed by atoms with E-state index in [4.69, 9.17) is 9.47 Å².